The lowest BCUT2D eigenvalue weighted by atomic mass is 9.82. The molecule has 5 heteroatoms. The maximum atomic E-state index is 13.1. The van der Waals surface area contributed by atoms with E-state index in [2.05, 4.69) is 30.7 Å². The van der Waals surface area contributed by atoms with E-state index in [9.17, 15) is 9.59 Å². The van der Waals surface area contributed by atoms with Gasteiger partial charge in [0.2, 0.25) is 0 Å². The van der Waals surface area contributed by atoms with Crippen LogP contribution in [-0.4, -0.2) is 35.6 Å². The van der Waals surface area contributed by atoms with Gasteiger partial charge in [-0.2, -0.15) is 0 Å². The van der Waals surface area contributed by atoms with Crippen LogP contribution in [0.15, 0.2) is 48.5 Å². The zero-order valence-corrected chi connectivity index (χ0v) is 29.5. The second kappa shape index (κ2) is 15.9. The standard InChI is InChI=1S/C20H22O2.C11H13N3.C9H18/c1-11-12(2)14(4)19(15(5)13(11)3)20(22)18-10-8-7-9-17(18)16(6)21;1-8-12-10-7-5-4-6-9(10)11(13-8)14(2)3;1-3-9-6-4-8(2)5-7-9/h7-10H,1-6H3;4-7H,1-3H3;8-9H,3-7H2,1-2H3. The molecule has 1 heterocycles. The van der Waals surface area contributed by atoms with Crippen LogP contribution >= 0.6 is 0 Å². The van der Waals surface area contributed by atoms with Gasteiger partial charge in [0, 0.05) is 36.2 Å². The lowest BCUT2D eigenvalue weighted by Crippen LogP contribution is -2.13. The molecule has 0 aliphatic heterocycles. The summed E-state index contributed by atoms with van der Waals surface area (Å²) in [6.45, 7) is 18.3. The van der Waals surface area contributed by atoms with Crippen molar-refractivity contribution in [3.8, 4) is 0 Å². The smallest absolute Gasteiger partial charge is 0.194 e. The summed E-state index contributed by atoms with van der Waals surface area (Å²) >= 11 is 0. The number of hydrogen-bond acceptors (Lipinski definition) is 5. The molecular formula is C40H53N3O2. The van der Waals surface area contributed by atoms with Gasteiger partial charge < -0.3 is 4.90 Å². The van der Waals surface area contributed by atoms with E-state index >= 15 is 0 Å². The quantitative estimate of drug-likeness (QED) is 0.211. The van der Waals surface area contributed by atoms with Crippen LogP contribution in [-0.2, 0) is 0 Å². The number of ketones is 2. The molecule has 3 aromatic carbocycles. The van der Waals surface area contributed by atoms with E-state index in [0.717, 1.165) is 62.2 Å². The number of hydrogen-bond donors (Lipinski definition) is 0. The zero-order valence-electron chi connectivity index (χ0n) is 29.5. The summed E-state index contributed by atoms with van der Waals surface area (Å²) in [5.41, 5.74) is 8.24. The Balaban J connectivity index is 0.000000204. The van der Waals surface area contributed by atoms with Gasteiger partial charge >= 0.3 is 0 Å². The molecule has 1 aliphatic carbocycles. The minimum absolute atomic E-state index is 0.0630. The number of rotatable bonds is 5. The molecule has 0 bridgehead atoms. The van der Waals surface area contributed by atoms with Crippen molar-refractivity contribution in [3.05, 3.63) is 98.9 Å². The first-order chi connectivity index (χ1) is 21.3. The van der Waals surface area contributed by atoms with E-state index in [1.165, 1.54) is 44.6 Å². The maximum Gasteiger partial charge on any atom is 0.194 e. The molecule has 0 radical (unpaired) electrons. The third-order valence-electron chi connectivity index (χ3n) is 9.61. The Kier molecular flexibility index (Phi) is 12.6. The van der Waals surface area contributed by atoms with Crippen molar-refractivity contribution in [3.63, 3.8) is 0 Å². The number of fused-ring (bicyclic) bond motifs is 1. The second-order valence-electron chi connectivity index (χ2n) is 13.0. The van der Waals surface area contributed by atoms with Crippen LogP contribution in [0.4, 0.5) is 5.82 Å². The van der Waals surface area contributed by atoms with E-state index in [1.807, 2.05) is 77.9 Å². The van der Waals surface area contributed by atoms with E-state index in [-0.39, 0.29) is 11.6 Å². The Morgan fingerprint density at radius 3 is 1.78 bits per heavy atom. The van der Waals surface area contributed by atoms with Crippen LogP contribution in [0.2, 0.25) is 0 Å². The van der Waals surface area contributed by atoms with Gasteiger partial charge in [0.25, 0.3) is 0 Å². The predicted molar refractivity (Wildman–Crippen MR) is 190 cm³/mol. The zero-order chi connectivity index (χ0) is 33.4. The van der Waals surface area contributed by atoms with E-state index in [4.69, 9.17) is 0 Å². The van der Waals surface area contributed by atoms with Crippen molar-refractivity contribution in [1.82, 2.24) is 9.97 Å². The molecule has 1 aliphatic rings. The number of nitrogens with zero attached hydrogens (tertiary/aromatic N) is 3. The first kappa shape index (κ1) is 35.6. The molecule has 4 aromatic rings. The number of anilines is 1. The van der Waals surface area contributed by atoms with Crippen molar-refractivity contribution in [1.29, 1.82) is 0 Å². The first-order valence-electron chi connectivity index (χ1n) is 16.4. The molecule has 45 heavy (non-hydrogen) atoms. The summed E-state index contributed by atoms with van der Waals surface area (Å²) in [5, 5.41) is 1.10. The monoisotopic (exact) mass is 607 g/mol. The fraction of sp³-hybridized carbons (Fsp3) is 0.450. The Labute approximate surface area is 271 Å². The molecule has 0 unspecified atom stereocenters. The Morgan fingerprint density at radius 2 is 1.24 bits per heavy atom. The van der Waals surface area contributed by atoms with Crippen molar-refractivity contribution in [2.45, 2.75) is 94.4 Å². The average molecular weight is 608 g/mol. The molecule has 0 N–H and O–H groups in total. The van der Waals surface area contributed by atoms with Gasteiger partial charge in [0.1, 0.15) is 11.6 Å². The molecule has 0 atom stereocenters. The third kappa shape index (κ3) is 8.65. The van der Waals surface area contributed by atoms with Gasteiger partial charge in [-0.3, -0.25) is 9.59 Å². The summed E-state index contributed by atoms with van der Waals surface area (Å²) < 4.78 is 0. The van der Waals surface area contributed by atoms with Crippen molar-refractivity contribution in [2.24, 2.45) is 11.8 Å². The van der Waals surface area contributed by atoms with Crippen molar-refractivity contribution < 1.29 is 9.59 Å². The molecule has 5 nitrogen and oxygen atoms in total. The lowest BCUT2D eigenvalue weighted by molar-refractivity contribution is 0.0990. The minimum atomic E-state index is -0.0835. The summed E-state index contributed by atoms with van der Waals surface area (Å²) in [5.74, 6) is 3.74. The summed E-state index contributed by atoms with van der Waals surface area (Å²) in [7, 11) is 3.99. The highest BCUT2D eigenvalue weighted by Crippen LogP contribution is 2.30. The number of aromatic nitrogens is 2. The lowest BCUT2D eigenvalue weighted by Gasteiger charge is -2.24. The predicted octanol–water partition coefficient (Wildman–Crippen LogP) is 9.89. The Bertz CT molecular complexity index is 1620. The Morgan fingerprint density at radius 1 is 0.733 bits per heavy atom. The molecule has 1 aromatic heterocycles. The average Bonchev–Trinajstić information content (AvgIpc) is 3.03. The van der Waals surface area contributed by atoms with Gasteiger partial charge in [0.05, 0.1) is 5.52 Å². The highest BCUT2D eigenvalue weighted by Gasteiger charge is 2.22. The van der Waals surface area contributed by atoms with Gasteiger partial charge in [-0.25, -0.2) is 9.97 Å². The van der Waals surface area contributed by atoms with Crippen molar-refractivity contribution >= 4 is 28.3 Å². The third-order valence-corrected chi connectivity index (χ3v) is 9.61. The van der Waals surface area contributed by atoms with Crippen LogP contribution in [0.1, 0.15) is 113 Å². The van der Waals surface area contributed by atoms with Gasteiger partial charge in [-0.1, -0.05) is 82.3 Å². The van der Waals surface area contributed by atoms with E-state index in [1.54, 1.807) is 24.3 Å². The minimum Gasteiger partial charge on any atom is -0.362 e. The van der Waals surface area contributed by atoms with Gasteiger partial charge in [0.15, 0.2) is 11.6 Å². The highest BCUT2D eigenvalue weighted by molar-refractivity contribution is 6.16. The van der Waals surface area contributed by atoms with Crippen LogP contribution in [0.25, 0.3) is 10.9 Å². The first-order valence-corrected chi connectivity index (χ1v) is 16.4. The number of aryl methyl sites for hydroxylation is 1. The molecule has 0 amide bonds. The second-order valence-corrected chi connectivity index (χ2v) is 13.0. The normalized spacial score (nSPS) is 15.8. The highest BCUT2D eigenvalue weighted by atomic mass is 16.1. The molecule has 1 fully saturated rings. The fourth-order valence-corrected chi connectivity index (χ4v) is 6.21. The van der Waals surface area contributed by atoms with Crippen LogP contribution < -0.4 is 4.90 Å². The molecule has 0 saturated heterocycles. The SMILES string of the molecule is CC(=O)c1ccccc1C(=O)c1c(C)c(C)c(C)c(C)c1C.CCC1CCC(C)CC1.Cc1nc(N(C)C)c2ccccc2n1. The van der Waals surface area contributed by atoms with E-state index < -0.39 is 0 Å². The number of carbonyl (C=O) groups excluding carboxylic acids is 2. The molecule has 1 saturated carbocycles. The van der Waals surface area contributed by atoms with Crippen LogP contribution in [0, 0.1) is 53.4 Å². The number of carbonyl (C=O) groups is 2. The van der Waals surface area contributed by atoms with Crippen LogP contribution in [0.5, 0.6) is 0 Å². The number of Topliss-reactive ketones (excluding diaryl/α,β-unsaturated/α-hetero) is 1. The van der Waals surface area contributed by atoms with Crippen molar-refractivity contribution in [2.75, 3.05) is 19.0 Å². The molecular weight excluding hydrogens is 554 g/mol. The topological polar surface area (TPSA) is 63.2 Å². The van der Waals surface area contributed by atoms with E-state index in [0.29, 0.717) is 11.1 Å². The van der Waals surface area contributed by atoms with Crippen LogP contribution in [0.3, 0.4) is 0 Å². The summed E-state index contributed by atoms with van der Waals surface area (Å²) in [6, 6.07) is 15.1. The molecule has 0 spiro atoms. The Hall–Kier alpha value is -3.86. The maximum absolute atomic E-state index is 13.1. The summed E-state index contributed by atoms with van der Waals surface area (Å²) in [4.78, 5) is 35.7. The molecule has 5 rings (SSSR count). The number of benzene rings is 3. The summed E-state index contributed by atoms with van der Waals surface area (Å²) in [6.07, 6.45) is 7.37. The largest absolute Gasteiger partial charge is 0.362 e. The number of para-hydroxylation sites is 1. The molecule has 240 valence electrons. The van der Waals surface area contributed by atoms with Gasteiger partial charge in [-0.05, 0) is 100 Å². The van der Waals surface area contributed by atoms with Gasteiger partial charge in [-0.15, -0.1) is 0 Å². The fourth-order valence-electron chi connectivity index (χ4n) is 6.21.